The van der Waals surface area contributed by atoms with E-state index in [2.05, 4.69) is 20.4 Å². The lowest BCUT2D eigenvalue weighted by atomic mass is 9.89. The van der Waals surface area contributed by atoms with Crippen molar-refractivity contribution < 1.29 is 9.53 Å². The highest BCUT2D eigenvalue weighted by Gasteiger charge is 2.42. The van der Waals surface area contributed by atoms with Gasteiger partial charge in [-0.25, -0.2) is 0 Å². The first kappa shape index (κ1) is 16.7. The summed E-state index contributed by atoms with van der Waals surface area (Å²) in [7, 11) is 1.62. The summed E-state index contributed by atoms with van der Waals surface area (Å²) in [5.41, 5.74) is 0.726. The number of likely N-dealkylation sites (tertiary alicyclic amines) is 1. The second-order valence-corrected chi connectivity index (χ2v) is 8.00. The van der Waals surface area contributed by atoms with Crippen LogP contribution in [0.1, 0.15) is 35.7 Å². The number of carbonyl (C=O) groups excluding carboxylic acids is 1. The number of fused-ring (bicyclic) bond motifs is 2. The number of carbonyl (C=O) groups is 1. The van der Waals surface area contributed by atoms with Crippen molar-refractivity contribution in [3.05, 3.63) is 35.9 Å². The summed E-state index contributed by atoms with van der Waals surface area (Å²) in [6.07, 6.45) is 5.00. The molecule has 2 atom stereocenters. The number of methoxy groups -OCH3 is 1. The molecule has 0 spiro atoms. The van der Waals surface area contributed by atoms with E-state index in [9.17, 15) is 4.79 Å². The number of nitrogens with zero attached hydrogens (tertiary/aromatic N) is 4. The van der Waals surface area contributed by atoms with E-state index in [1.54, 1.807) is 7.11 Å². The Labute approximate surface area is 158 Å². The average molecular weight is 367 g/mol. The topological polar surface area (TPSA) is 72.3 Å². The fourth-order valence-electron chi connectivity index (χ4n) is 4.64. The average Bonchev–Trinajstić information content (AvgIpc) is 3.21. The highest BCUT2D eigenvalue weighted by Crippen LogP contribution is 2.37. The highest BCUT2D eigenvalue weighted by molar-refractivity contribution is 6.01. The number of ether oxygens (including phenoxy) is 1. The van der Waals surface area contributed by atoms with Gasteiger partial charge < -0.3 is 14.6 Å². The van der Waals surface area contributed by atoms with Crippen LogP contribution in [0.5, 0.6) is 5.75 Å². The standard InChI is InChI=1S/C20H25N5O2/c1-27-17-7-5-15(6-8-17)21-20(26)19-23-22-18-9-13-10-24(16-3-2-4-16)11-14(13)12-25(18)19/h5-8,13-14,16H,2-4,9-12H2,1H3,(H,21,26)/t13-,14+/m0/s1. The van der Waals surface area contributed by atoms with E-state index in [1.165, 1.54) is 25.8 Å². The van der Waals surface area contributed by atoms with E-state index < -0.39 is 0 Å². The maximum absolute atomic E-state index is 12.7. The third-order valence-electron chi connectivity index (χ3n) is 6.44. The van der Waals surface area contributed by atoms with Crippen molar-refractivity contribution in [3.63, 3.8) is 0 Å². The highest BCUT2D eigenvalue weighted by atomic mass is 16.5. The summed E-state index contributed by atoms with van der Waals surface area (Å²) in [6.45, 7) is 3.17. The largest absolute Gasteiger partial charge is 0.497 e. The van der Waals surface area contributed by atoms with Crippen LogP contribution in [0.4, 0.5) is 5.69 Å². The van der Waals surface area contributed by atoms with Crippen LogP contribution in [0.2, 0.25) is 0 Å². The van der Waals surface area contributed by atoms with E-state index in [1.807, 2.05) is 28.8 Å². The molecule has 1 saturated heterocycles. The second kappa shape index (κ2) is 6.64. The van der Waals surface area contributed by atoms with Gasteiger partial charge in [0.15, 0.2) is 0 Å². The van der Waals surface area contributed by atoms with Gasteiger partial charge in [-0.15, -0.1) is 10.2 Å². The zero-order valence-corrected chi connectivity index (χ0v) is 15.6. The van der Waals surface area contributed by atoms with E-state index in [-0.39, 0.29) is 5.91 Å². The number of anilines is 1. The van der Waals surface area contributed by atoms with Gasteiger partial charge in [0.05, 0.1) is 7.11 Å². The molecule has 5 rings (SSSR count). The first-order valence-corrected chi connectivity index (χ1v) is 9.83. The first-order chi connectivity index (χ1) is 13.2. The zero-order valence-electron chi connectivity index (χ0n) is 15.6. The van der Waals surface area contributed by atoms with Crippen LogP contribution >= 0.6 is 0 Å². The Morgan fingerprint density at radius 2 is 1.89 bits per heavy atom. The lowest BCUT2D eigenvalue weighted by Crippen LogP contribution is -2.38. The molecule has 7 heteroatoms. The minimum atomic E-state index is -0.203. The third-order valence-corrected chi connectivity index (χ3v) is 6.44. The van der Waals surface area contributed by atoms with Crippen LogP contribution in [-0.4, -0.2) is 51.8 Å². The van der Waals surface area contributed by atoms with Crippen molar-refractivity contribution in [2.24, 2.45) is 11.8 Å². The number of nitrogens with one attached hydrogen (secondary N) is 1. The van der Waals surface area contributed by atoms with E-state index in [4.69, 9.17) is 4.74 Å². The Bertz CT molecular complexity index is 843. The minimum absolute atomic E-state index is 0.203. The molecule has 0 bridgehead atoms. The molecule has 142 valence electrons. The molecule has 2 aliphatic heterocycles. The molecule has 1 amide bonds. The quantitative estimate of drug-likeness (QED) is 0.897. The minimum Gasteiger partial charge on any atom is -0.497 e. The van der Waals surface area contributed by atoms with Crippen molar-refractivity contribution in [2.45, 2.75) is 38.3 Å². The van der Waals surface area contributed by atoms with Gasteiger partial charge in [-0.05, 0) is 48.9 Å². The number of benzene rings is 1. The van der Waals surface area contributed by atoms with Gasteiger partial charge in [0, 0.05) is 37.8 Å². The van der Waals surface area contributed by atoms with Gasteiger partial charge in [-0.3, -0.25) is 9.69 Å². The predicted octanol–water partition coefficient (Wildman–Crippen LogP) is 2.20. The smallest absolute Gasteiger partial charge is 0.293 e. The number of rotatable bonds is 4. The molecule has 1 aromatic heterocycles. The van der Waals surface area contributed by atoms with E-state index in [0.717, 1.165) is 42.8 Å². The van der Waals surface area contributed by atoms with E-state index in [0.29, 0.717) is 17.7 Å². The molecule has 7 nitrogen and oxygen atoms in total. The number of hydrogen-bond acceptors (Lipinski definition) is 5. The Morgan fingerprint density at radius 1 is 1.11 bits per heavy atom. The van der Waals surface area contributed by atoms with Gasteiger partial charge in [-0.2, -0.15) is 0 Å². The molecule has 1 aromatic carbocycles. The summed E-state index contributed by atoms with van der Waals surface area (Å²) in [5.74, 6) is 3.18. The Balaban J connectivity index is 1.30. The molecule has 1 aliphatic carbocycles. The summed E-state index contributed by atoms with van der Waals surface area (Å²) in [4.78, 5) is 15.4. The molecular formula is C20H25N5O2. The normalized spacial score (nSPS) is 24.8. The second-order valence-electron chi connectivity index (χ2n) is 8.00. The van der Waals surface area contributed by atoms with Crippen LogP contribution in [0.25, 0.3) is 0 Å². The van der Waals surface area contributed by atoms with Gasteiger partial charge in [0.25, 0.3) is 5.91 Å². The van der Waals surface area contributed by atoms with Crippen molar-refractivity contribution in [1.29, 1.82) is 0 Å². The van der Waals surface area contributed by atoms with Crippen molar-refractivity contribution >= 4 is 11.6 Å². The predicted molar refractivity (Wildman–Crippen MR) is 101 cm³/mol. The van der Waals surface area contributed by atoms with Crippen LogP contribution in [0.15, 0.2) is 24.3 Å². The van der Waals surface area contributed by atoms with Crippen molar-refractivity contribution in [3.8, 4) is 5.75 Å². The molecule has 0 radical (unpaired) electrons. The Morgan fingerprint density at radius 3 is 2.59 bits per heavy atom. The third kappa shape index (κ3) is 3.00. The molecule has 1 N–H and O–H groups in total. The van der Waals surface area contributed by atoms with Crippen molar-refractivity contribution in [1.82, 2.24) is 19.7 Å². The number of hydrogen-bond donors (Lipinski definition) is 1. The molecule has 3 aliphatic rings. The fourth-order valence-corrected chi connectivity index (χ4v) is 4.64. The van der Waals surface area contributed by atoms with Gasteiger partial charge in [-0.1, -0.05) is 6.42 Å². The molecule has 2 aromatic rings. The van der Waals surface area contributed by atoms with Crippen molar-refractivity contribution in [2.75, 3.05) is 25.5 Å². The summed E-state index contributed by atoms with van der Waals surface area (Å²) in [5, 5.41) is 11.4. The lowest BCUT2D eigenvalue weighted by molar-refractivity contribution is 0.100. The maximum Gasteiger partial charge on any atom is 0.293 e. The molecule has 3 heterocycles. The van der Waals surface area contributed by atoms with Crippen LogP contribution < -0.4 is 10.1 Å². The molecular weight excluding hydrogens is 342 g/mol. The number of aromatic nitrogens is 3. The Kier molecular flexibility index (Phi) is 4.11. The van der Waals surface area contributed by atoms with Crippen LogP contribution in [0.3, 0.4) is 0 Å². The molecule has 2 fully saturated rings. The summed E-state index contributed by atoms with van der Waals surface area (Å²) < 4.78 is 7.19. The van der Waals surface area contributed by atoms with Crippen LogP contribution in [0, 0.1) is 11.8 Å². The van der Waals surface area contributed by atoms with Gasteiger partial charge >= 0.3 is 0 Å². The van der Waals surface area contributed by atoms with Crippen LogP contribution in [-0.2, 0) is 13.0 Å². The van der Waals surface area contributed by atoms with Gasteiger partial charge in [0.2, 0.25) is 5.82 Å². The summed E-state index contributed by atoms with van der Waals surface area (Å²) in [6, 6.07) is 8.10. The number of amides is 1. The fraction of sp³-hybridized carbons (Fsp3) is 0.550. The van der Waals surface area contributed by atoms with Gasteiger partial charge in [0.1, 0.15) is 11.6 Å². The first-order valence-electron chi connectivity index (χ1n) is 9.83. The Hall–Kier alpha value is -2.41. The van der Waals surface area contributed by atoms with E-state index >= 15 is 0 Å². The lowest BCUT2D eigenvalue weighted by Gasteiger charge is -2.34. The monoisotopic (exact) mass is 367 g/mol. The maximum atomic E-state index is 12.7. The summed E-state index contributed by atoms with van der Waals surface area (Å²) >= 11 is 0. The SMILES string of the molecule is COc1ccc(NC(=O)c2nnc3n2C[C@H]2CN(C4CCC4)C[C@@H]2C3)cc1. The molecule has 0 unspecified atom stereocenters. The zero-order chi connectivity index (χ0) is 18.4. The molecule has 27 heavy (non-hydrogen) atoms. The molecule has 1 saturated carbocycles.